The maximum atomic E-state index is 2.77. The topological polar surface area (TPSA) is 6.48 Å². The van der Waals surface area contributed by atoms with E-state index in [0.717, 1.165) is 37.3 Å². The summed E-state index contributed by atoms with van der Waals surface area (Å²) in [6.07, 6.45) is 11.4. The smallest absolute Gasteiger partial charge is 0.102 e. The largest absolute Gasteiger partial charge is 1.00 e. The zero-order valence-corrected chi connectivity index (χ0v) is 29.3. The normalized spacial score (nSPS) is 34.0. The summed E-state index contributed by atoms with van der Waals surface area (Å²) >= 11 is 0. The molecule has 0 radical (unpaired) electrons. The van der Waals surface area contributed by atoms with E-state index in [4.69, 9.17) is 0 Å². The molecule has 2 aromatic rings. The molecule has 4 unspecified atom stereocenters. The van der Waals surface area contributed by atoms with Crippen LogP contribution < -0.4 is 48.0 Å². The minimum atomic E-state index is 0. The fourth-order valence-electron chi connectivity index (χ4n) is 8.98. The van der Waals surface area contributed by atoms with Gasteiger partial charge in [0.25, 0.3) is 0 Å². The number of unbranched alkanes of at least 4 members (excludes halogenated alkanes) is 1. The highest BCUT2D eigenvalue weighted by molar-refractivity contribution is 5.15. The number of quaternary nitrogens is 2. The summed E-state index contributed by atoms with van der Waals surface area (Å²) in [6, 6.07) is 25.6. The third kappa shape index (κ3) is 7.09. The summed E-state index contributed by atoms with van der Waals surface area (Å²) < 4.78 is 2.71. The highest BCUT2D eigenvalue weighted by atomic mass is 127. The summed E-state index contributed by atoms with van der Waals surface area (Å²) in [6.45, 7) is 10.2. The lowest BCUT2D eigenvalue weighted by Crippen LogP contribution is -3.00. The number of nitrogens with zero attached hydrogens (tertiary/aromatic N) is 4. The molecule has 4 nitrogen and oxygen atoms in total. The number of hydrogen-bond donors (Lipinski definition) is 0. The summed E-state index contributed by atoms with van der Waals surface area (Å²) in [5.74, 6) is 0. The Kier molecular flexibility index (Phi) is 11.8. The van der Waals surface area contributed by atoms with Gasteiger partial charge >= 0.3 is 0 Å². The molecule has 222 valence electrons. The predicted octanol–water partition coefficient (Wildman–Crippen LogP) is -0.458. The fourth-order valence-corrected chi connectivity index (χ4v) is 8.98. The molecule has 4 aliphatic rings. The van der Waals surface area contributed by atoms with Crippen molar-refractivity contribution in [3.63, 3.8) is 0 Å². The minimum absolute atomic E-state index is 0. The van der Waals surface area contributed by atoms with Gasteiger partial charge in [0.05, 0.1) is 53.4 Å². The number of likely N-dealkylation sites (N-methyl/N-ethyl adjacent to an activating group) is 2. The Bertz CT molecular complexity index is 923. The quantitative estimate of drug-likeness (QED) is 0.194. The first-order valence-electron chi connectivity index (χ1n) is 15.8. The van der Waals surface area contributed by atoms with Crippen molar-refractivity contribution in [1.29, 1.82) is 0 Å². The Hall–Kier alpha value is -0.260. The van der Waals surface area contributed by atoms with Crippen molar-refractivity contribution in [2.45, 2.75) is 88.6 Å². The fraction of sp³-hybridized carbons (Fsp3) is 0.647. The van der Waals surface area contributed by atoms with Crippen LogP contribution in [-0.4, -0.2) is 96.3 Å². The molecule has 4 atom stereocenters. The Balaban J connectivity index is 0.00000185. The summed E-state index contributed by atoms with van der Waals surface area (Å²) in [5.41, 5.74) is 2.96. The zero-order valence-electron chi connectivity index (χ0n) is 24.9. The second-order valence-electron chi connectivity index (χ2n) is 13.7. The molecular weight excluding hydrogens is 718 g/mol. The Morgan fingerprint density at radius 2 is 0.875 bits per heavy atom. The first-order valence-corrected chi connectivity index (χ1v) is 15.8. The third-order valence-electron chi connectivity index (χ3n) is 11.4. The number of piperazine rings is 2. The molecule has 0 aromatic heterocycles. The molecule has 0 spiro atoms. The monoisotopic (exact) mass is 770 g/mol. The highest BCUT2D eigenvalue weighted by Gasteiger charge is 2.49. The molecule has 4 bridgehead atoms. The molecule has 4 saturated heterocycles. The van der Waals surface area contributed by atoms with Crippen LogP contribution in [0.5, 0.6) is 0 Å². The maximum absolute atomic E-state index is 2.77. The van der Waals surface area contributed by atoms with Crippen LogP contribution in [0.25, 0.3) is 0 Å². The van der Waals surface area contributed by atoms with Gasteiger partial charge in [-0.05, 0) is 24.0 Å². The van der Waals surface area contributed by atoms with Gasteiger partial charge in [-0.1, -0.05) is 60.7 Å². The molecule has 2 aromatic carbocycles. The molecule has 4 heterocycles. The second-order valence-corrected chi connectivity index (χ2v) is 13.7. The molecule has 40 heavy (non-hydrogen) atoms. The molecule has 4 fully saturated rings. The van der Waals surface area contributed by atoms with E-state index < -0.39 is 0 Å². The highest BCUT2D eigenvalue weighted by Crippen LogP contribution is 2.38. The van der Waals surface area contributed by atoms with Crippen molar-refractivity contribution in [3.05, 3.63) is 71.8 Å². The Morgan fingerprint density at radius 1 is 0.550 bits per heavy atom. The molecule has 0 aliphatic carbocycles. The van der Waals surface area contributed by atoms with Crippen LogP contribution in [0.2, 0.25) is 0 Å². The van der Waals surface area contributed by atoms with Crippen molar-refractivity contribution in [3.8, 4) is 0 Å². The SMILES string of the molecule is C[N+]1(CCCC[N+]2(C)C3CCCC2CN(Cc2ccccc2)C3)C2CCCC1CN(Cc1ccccc1)C2.[I-].[I-]. The summed E-state index contributed by atoms with van der Waals surface area (Å²) in [7, 11) is 5.25. The van der Waals surface area contributed by atoms with Gasteiger partial charge < -0.3 is 56.9 Å². The molecule has 0 N–H and O–H groups in total. The average molecular weight is 771 g/mol. The van der Waals surface area contributed by atoms with Crippen LogP contribution in [0.4, 0.5) is 0 Å². The van der Waals surface area contributed by atoms with Gasteiger partial charge in [0.2, 0.25) is 0 Å². The third-order valence-corrected chi connectivity index (χ3v) is 11.4. The van der Waals surface area contributed by atoms with Gasteiger partial charge in [0, 0.05) is 51.6 Å². The van der Waals surface area contributed by atoms with Crippen LogP contribution in [0.1, 0.15) is 62.5 Å². The molecular formula is C34H52I2N4. The number of likely N-dealkylation sites (tertiary alicyclic amines) is 2. The number of fused-ring (bicyclic) bond motifs is 4. The number of piperidine rings is 2. The zero-order chi connectivity index (χ0) is 26.0. The van der Waals surface area contributed by atoms with Gasteiger partial charge in [0.1, 0.15) is 24.2 Å². The molecule has 0 amide bonds. The van der Waals surface area contributed by atoms with Crippen molar-refractivity contribution in [2.24, 2.45) is 0 Å². The van der Waals surface area contributed by atoms with E-state index >= 15 is 0 Å². The van der Waals surface area contributed by atoms with Gasteiger partial charge in [-0.3, -0.25) is 9.80 Å². The number of hydrogen-bond acceptors (Lipinski definition) is 2. The van der Waals surface area contributed by atoms with E-state index in [9.17, 15) is 0 Å². The lowest BCUT2D eigenvalue weighted by Gasteiger charge is -2.57. The van der Waals surface area contributed by atoms with Crippen LogP contribution in [0, 0.1) is 0 Å². The lowest BCUT2D eigenvalue weighted by atomic mass is 9.86. The van der Waals surface area contributed by atoms with Crippen LogP contribution in [0.15, 0.2) is 60.7 Å². The van der Waals surface area contributed by atoms with E-state index in [1.165, 1.54) is 111 Å². The Labute approximate surface area is 278 Å². The van der Waals surface area contributed by atoms with E-state index in [1.54, 1.807) is 0 Å². The van der Waals surface area contributed by atoms with Gasteiger partial charge in [-0.15, -0.1) is 0 Å². The summed E-state index contributed by atoms with van der Waals surface area (Å²) in [4.78, 5) is 5.54. The van der Waals surface area contributed by atoms with E-state index in [2.05, 4.69) is 84.6 Å². The molecule has 0 saturated carbocycles. The predicted molar refractivity (Wildman–Crippen MR) is 158 cm³/mol. The van der Waals surface area contributed by atoms with Gasteiger partial charge in [-0.2, -0.15) is 0 Å². The summed E-state index contributed by atoms with van der Waals surface area (Å²) in [5, 5.41) is 0. The minimum Gasteiger partial charge on any atom is -1.00 e. The van der Waals surface area contributed by atoms with Crippen LogP contribution in [0.3, 0.4) is 0 Å². The lowest BCUT2D eigenvalue weighted by molar-refractivity contribution is -0.971. The average Bonchev–Trinajstić information content (AvgIpc) is 2.89. The van der Waals surface area contributed by atoms with Gasteiger partial charge in [-0.25, -0.2) is 0 Å². The number of halogens is 2. The Morgan fingerprint density at radius 3 is 1.20 bits per heavy atom. The van der Waals surface area contributed by atoms with Crippen LogP contribution >= 0.6 is 0 Å². The molecule has 6 heteroatoms. The first-order chi connectivity index (χ1) is 18.5. The maximum Gasteiger partial charge on any atom is 0.102 e. The van der Waals surface area contributed by atoms with Crippen molar-refractivity contribution in [1.82, 2.24) is 9.80 Å². The van der Waals surface area contributed by atoms with Crippen molar-refractivity contribution < 1.29 is 56.9 Å². The van der Waals surface area contributed by atoms with Gasteiger partial charge in [0.15, 0.2) is 0 Å². The number of benzene rings is 2. The molecule has 6 rings (SSSR count). The van der Waals surface area contributed by atoms with Crippen molar-refractivity contribution >= 4 is 0 Å². The van der Waals surface area contributed by atoms with E-state index in [0.29, 0.717) is 0 Å². The van der Waals surface area contributed by atoms with Crippen molar-refractivity contribution in [2.75, 3.05) is 53.4 Å². The van der Waals surface area contributed by atoms with E-state index in [1.807, 2.05) is 0 Å². The second kappa shape index (κ2) is 14.5. The standard InChI is InChI=1S/C34H52N4.2HI/c1-37(31-17-11-18-32(37)26-35(25-31)23-29-13-5-3-6-14-29)21-9-10-22-38(2)33-19-12-20-34(38)28-36(27-33)24-30-15-7-4-8-16-30;;/h3-8,13-16,31-34H,9-12,17-28H2,1-2H3;2*1H/q+2;;/p-2. The molecule has 4 aliphatic heterocycles. The number of rotatable bonds is 9. The first kappa shape index (κ1) is 32.6. The van der Waals surface area contributed by atoms with E-state index in [-0.39, 0.29) is 48.0 Å². The van der Waals surface area contributed by atoms with Crippen LogP contribution in [-0.2, 0) is 13.1 Å².